The highest BCUT2D eigenvalue weighted by atomic mass is 32.2. The molecule has 0 aliphatic carbocycles. The van der Waals surface area contributed by atoms with E-state index in [1.807, 2.05) is 13.0 Å². The number of thioether (sulfide) groups is 1. The van der Waals surface area contributed by atoms with Gasteiger partial charge in [-0.15, -0.1) is 11.8 Å². The number of rotatable bonds is 5. The topological polar surface area (TPSA) is 76.2 Å². The van der Waals surface area contributed by atoms with Gasteiger partial charge in [0.2, 0.25) is 0 Å². The summed E-state index contributed by atoms with van der Waals surface area (Å²) >= 11 is 1.38. The van der Waals surface area contributed by atoms with Gasteiger partial charge >= 0.3 is 5.97 Å². The van der Waals surface area contributed by atoms with E-state index in [0.717, 1.165) is 5.56 Å². The third kappa shape index (κ3) is 3.14. The third-order valence-corrected chi connectivity index (χ3v) is 3.64. The molecule has 0 radical (unpaired) electrons. The molecule has 19 heavy (non-hydrogen) atoms. The molecule has 2 aromatic heterocycles. The lowest BCUT2D eigenvalue weighted by atomic mass is 10.2. The number of furan rings is 1. The highest BCUT2D eigenvalue weighted by molar-refractivity contribution is 7.98. The summed E-state index contributed by atoms with van der Waals surface area (Å²) < 4.78 is 4.99. The second-order valence-electron chi connectivity index (χ2n) is 3.98. The quantitative estimate of drug-likeness (QED) is 0.669. The predicted molar refractivity (Wildman–Crippen MR) is 71.4 cm³/mol. The lowest BCUT2D eigenvalue weighted by Gasteiger charge is -2.08. The van der Waals surface area contributed by atoms with Gasteiger partial charge in [-0.05, 0) is 13.0 Å². The minimum atomic E-state index is -0.991. The second-order valence-corrected chi connectivity index (χ2v) is 4.95. The van der Waals surface area contributed by atoms with Crippen molar-refractivity contribution in [2.75, 3.05) is 0 Å². The maximum atomic E-state index is 11.3. The van der Waals surface area contributed by atoms with Crippen molar-refractivity contribution in [1.82, 2.24) is 9.97 Å². The van der Waals surface area contributed by atoms with Gasteiger partial charge in [0.05, 0.1) is 18.2 Å². The van der Waals surface area contributed by atoms with Crippen LogP contribution in [0, 0.1) is 6.92 Å². The summed E-state index contributed by atoms with van der Waals surface area (Å²) in [6.45, 7) is 3.64. The van der Waals surface area contributed by atoms with Crippen LogP contribution in [-0.4, -0.2) is 21.0 Å². The van der Waals surface area contributed by atoms with Gasteiger partial charge in [0.25, 0.3) is 0 Å². The summed E-state index contributed by atoms with van der Waals surface area (Å²) in [4.78, 5) is 19.8. The van der Waals surface area contributed by atoms with Gasteiger partial charge in [-0.3, -0.25) is 0 Å². The molecular formula is C13H14N2O3S. The van der Waals surface area contributed by atoms with Crippen molar-refractivity contribution in [3.63, 3.8) is 0 Å². The van der Waals surface area contributed by atoms with Gasteiger partial charge in [0.15, 0.2) is 0 Å². The van der Waals surface area contributed by atoms with Gasteiger partial charge in [-0.25, -0.2) is 14.8 Å². The van der Waals surface area contributed by atoms with E-state index in [-0.39, 0.29) is 5.56 Å². The van der Waals surface area contributed by atoms with Crippen LogP contribution in [0.1, 0.15) is 34.4 Å². The monoisotopic (exact) mass is 278 g/mol. The number of aromatic carboxylic acids is 1. The van der Waals surface area contributed by atoms with Crippen molar-refractivity contribution in [3.8, 4) is 0 Å². The van der Waals surface area contributed by atoms with Crippen LogP contribution in [-0.2, 0) is 12.2 Å². The first-order valence-corrected chi connectivity index (χ1v) is 6.85. The van der Waals surface area contributed by atoms with Crippen molar-refractivity contribution in [3.05, 3.63) is 41.2 Å². The third-order valence-electron chi connectivity index (χ3n) is 2.59. The van der Waals surface area contributed by atoms with Crippen LogP contribution < -0.4 is 0 Å². The molecule has 0 unspecified atom stereocenters. The molecule has 0 saturated carbocycles. The van der Waals surface area contributed by atoms with E-state index in [0.29, 0.717) is 28.7 Å². The summed E-state index contributed by atoms with van der Waals surface area (Å²) in [6.07, 6.45) is 3.92. The summed E-state index contributed by atoms with van der Waals surface area (Å²) in [5.74, 6) is 0.295. The summed E-state index contributed by atoms with van der Waals surface area (Å²) in [5, 5.41) is 9.77. The Kier molecular flexibility index (Phi) is 4.21. The first-order chi connectivity index (χ1) is 9.11. The van der Waals surface area contributed by atoms with E-state index < -0.39 is 5.97 Å². The normalized spacial score (nSPS) is 10.6. The van der Waals surface area contributed by atoms with Crippen molar-refractivity contribution < 1.29 is 14.3 Å². The molecule has 0 aromatic carbocycles. The summed E-state index contributed by atoms with van der Waals surface area (Å²) in [7, 11) is 0. The maximum absolute atomic E-state index is 11.3. The number of carboxylic acid groups (broad SMARTS) is 1. The van der Waals surface area contributed by atoms with Crippen LogP contribution in [0.4, 0.5) is 0 Å². The zero-order valence-electron chi connectivity index (χ0n) is 10.7. The van der Waals surface area contributed by atoms with Gasteiger partial charge in [-0.2, -0.15) is 0 Å². The Balaban J connectivity index is 2.30. The Labute approximate surface area is 115 Å². The van der Waals surface area contributed by atoms with E-state index in [4.69, 9.17) is 4.42 Å². The fourth-order valence-electron chi connectivity index (χ4n) is 1.64. The lowest BCUT2D eigenvalue weighted by molar-refractivity contribution is 0.0690. The molecule has 0 spiro atoms. The number of nitrogens with zero attached hydrogens (tertiary/aromatic N) is 2. The van der Waals surface area contributed by atoms with Crippen LogP contribution in [0.5, 0.6) is 0 Å². The molecule has 100 valence electrons. The maximum Gasteiger partial charge on any atom is 0.340 e. The standard InChI is InChI=1S/C13H14N2O3S/c1-3-10-14-8(2)11(13(16)17)12(15-10)19-7-9-4-5-18-6-9/h4-6H,3,7H2,1-2H3,(H,16,17). The number of carbonyl (C=O) groups is 1. The minimum Gasteiger partial charge on any atom is -0.478 e. The van der Waals surface area contributed by atoms with E-state index >= 15 is 0 Å². The van der Waals surface area contributed by atoms with Crippen LogP contribution >= 0.6 is 11.8 Å². The Morgan fingerprint density at radius 2 is 2.26 bits per heavy atom. The molecule has 0 aliphatic rings. The Bertz CT molecular complexity index is 582. The first kappa shape index (κ1) is 13.6. The number of hydrogen-bond acceptors (Lipinski definition) is 5. The Morgan fingerprint density at radius 1 is 1.47 bits per heavy atom. The number of aromatic nitrogens is 2. The molecule has 0 bridgehead atoms. The fraction of sp³-hybridized carbons (Fsp3) is 0.308. The van der Waals surface area contributed by atoms with Crippen molar-refractivity contribution in [1.29, 1.82) is 0 Å². The zero-order chi connectivity index (χ0) is 13.8. The molecule has 0 amide bonds. The Morgan fingerprint density at radius 3 is 2.84 bits per heavy atom. The SMILES string of the molecule is CCc1nc(C)c(C(=O)O)c(SCc2ccoc2)n1. The van der Waals surface area contributed by atoms with Gasteiger partial charge < -0.3 is 9.52 Å². The Hall–Kier alpha value is -1.82. The molecule has 2 aromatic rings. The molecule has 0 atom stereocenters. The molecule has 1 N–H and O–H groups in total. The number of hydrogen-bond donors (Lipinski definition) is 1. The molecule has 0 fully saturated rings. The molecule has 2 heterocycles. The smallest absolute Gasteiger partial charge is 0.340 e. The fourth-order valence-corrected chi connectivity index (χ4v) is 2.65. The largest absolute Gasteiger partial charge is 0.478 e. The highest BCUT2D eigenvalue weighted by Crippen LogP contribution is 2.26. The van der Waals surface area contributed by atoms with Crippen LogP contribution in [0.2, 0.25) is 0 Å². The van der Waals surface area contributed by atoms with Gasteiger partial charge in [0.1, 0.15) is 16.4 Å². The van der Waals surface area contributed by atoms with Crippen molar-refractivity contribution >= 4 is 17.7 Å². The van der Waals surface area contributed by atoms with E-state index in [1.165, 1.54) is 11.8 Å². The molecule has 0 saturated heterocycles. The summed E-state index contributed by atoms with van der Waals surface area (Å²) in [6, 6.07) is 1.85. The van der Waals surface area contributed by atoms with Crippen molar-refractivity contribution in [2.45, 2.75) is 31.0 Å². The molecule has 5 nitrogen and oxygen atoms in total. The average Bonchev–Trinajstić information content (AvgIpc) is 2.88. The molecule has 0 aliphatic heterocycles. The van der Waals surface area contributed by atoms with Crippen molar-refractivity contribution in [2.24, 2.45) is 0 Å². The van der Waals surface area contributed by atoms with Gasteiger partial charge in [0, 0.05) is 17.7 Å². The van der Waals surface area contributed by atoms with Crippen LogP contribution in [0.3, 0.4) is 0 Å². The summed E-state index contributed by atoms with van der Waals surface area (Å²) in [5.41, 5.74) is 1.69. The average molecular weight is 278 g/mol. The minimum absolute atomic E-state index is 0.186. The first-order valence-electron chi connectivity index (χ1n) is 5.86. The second kappa shape index (κ2) is 5.88. The van der Waals surface area contributed by atoms with E-state index in [1.54, 1.807) is 19.5 Å². The molecule has 2 rings (SSSR count). The van der Waals surface area contributed by atoms with Crippen LogP contribution in [0.15, 0.2) is 28.0 Å². The number of aryl methyl sites for hydroxylation is 2. The van der Waals surface area contributed by atoms with Gasteiger partial charge in [-0.1, -0.05) is 6.92 Å². The van der Waals surface area contributed by atoms with E-state index in [2.05, 4.69) is 9.97 Å². The lowest BCUT2D eigenvalue weighted by Crippen LogP contribution is -2.09. The highest BCUT2D eigenvalue weighted by Gasteiger charge is 2.18. The zero-order valence-corrected chi connectivity index (χ0v) is 11.5. The number of carboxylic acids is 1. The molecule has 6 heteroatoms. The molecular weight excluding hydrogens is 264 g/mol. The van der Waals surface area contributed by atoms with Crippen LogP contribution in [0.25, 0.3) is 0 Å². The predicted octanol–water partition coefficient (Wildman–Crippen LogP) is 2.93. The van der Waals surface area contributed by atoms with E-state index in [9.17, 15) is 9.90 Å².